The van der Waals surface area contributed by atoms with E-state index >= 15 is 0 Å². The molecule has 3 aliphatic rings. The van der Waals surface area contributed by atoms with Crippen molar-refractivity contribution in [2.75, 3.05) is 23.1 Å². The van der Waals surface area contributed by atoms with E-state index in [-0.39, 0.29) is 37.4 Å². The van der Waals surface area contributed by atoms with Gasteiger partial charge in [-0.3, -0.25) is 14.4 Å². The SMILES string of the molecule is C[C@H](/C=C/CC(=O)N1CCC[C@H]1CO)[C@@]1(O)C(=O)N(Cc2ccc(N3N=C(c4ccccc4)CCC3=O)cc2)c2ccc(Cl)cc21. The molecule has 2 N–H and O–H groups in total. The smallest absolute Gasteiger partial charge is 0.264 e. The van der Waals surface area contributed by atoms with Crippen molar-refractivity contribution in [2.24, 2.45) is 11.0 Å². The molecule has 6 rings (SSSR count). The molecule has 0 radical (unpaired) electrons. The first-order valence-electron chi connectivity index (χ1n) is 15.7. The van der Waals surface area contributed by atoms with Crippen molar-refractivity contribution in [1.29, 1.82) is 0 Å². The van der Waals surface area contributed by atoms with Gasteiger partial charge >= 0.3 is 0 Å². The molecule has 0 aromatic heterocycles. The van der Waals surface area contributed by atoms with E-state index in [1.807, 2.05) is 54.6 Å². The zero-order chi connectivity index (χ0) is 32.4. The fourth-order valence-corrected chi connectivity index (χ4v) is 6.75. The Morgan fingerprint density at radius 1 is 1.09 bits per heavy atom. The van der Waals surface area contributed by atoms with Gasteiger partial charge in [-0.15, -0.1) is 0 Å². The van der Waals surface area contributed by atoms with Gasteiger partial charge in [-0.25, -0.2) is 5.01 Å². The summed E-state index contributed by atoms with van der Waals surface area (Å²) in [6.45, 7) is 2.49. The summed E-state index contributed by atoms with van der Waals surface area (Å²) in [6.07, 6.45) is 6.07. The summed E-state index contributed by atoms with van der Waals surface area (Å²) in [5.74, 6) is -1.33. The Morgan fingerprint density at radius 3 is 2.59 bits per heavy atom. The van der Waals surface area contributed by atoms with Crippen LogP contribution >= 0.6 is 11.6 Å². The summed E-state index contributed by atoms with van der Waals surface area (Å²) >= 11 is 6.34. The number of aliphatic hydroxyl groups excluding tert-OH is 1. The largest absolute Gasteiger partial charge is 0.394 e. The fourth-order valence-electron chi connectivity index (χ4n) is 6.58. The number of amides is 3. The third-order valence-electron chi connectivity index (χ3n) is 9.18. The Balaban J connectivity index is 1.19. The molecular formula is C36H37ClN4O5. The molecule has 0 spiro atoms. The molecule has 0 aliphatic carbocycles. The normalized spacial score (nSPS) is 22.0. The van der Waals surface area contributed by atoms with E-state index in [1.165, 1.54) is 5.01 Å². The number of nitrogens with zero attached hydrogens (tertiary/aromatic N) is 4. The molecule has 0 saturated carbocycles. The number of likely N-dealkylation sites (tertiary alicyclic amines) is 1. The lowest BCUT2D eigenvalue weighted by Gasteiger charge is -2.28. The van der Waals surface area contributed by atoms with E-state index < -0.39 is 17.4 Å². The predicted octanol–water partition coefficient (Wildman–Crippen LogP) is 5.17. The highest BCUT2D eigenvalue weighted by Crippen LogP contribution is 2.46. The second-order valence-electron chi connectivity index (χ2n) is 12.1. The van der Waals surface area contributed by atoms with Gasteiger partial charge in [0.05, 0.1) is 36.3 Å². The average molecular weight is 641 g/mol. The minimum Gasteiger partial charge on any atom is -0.394 e. The molecule has 1 saturated heterocycles. The second-order valence-corrected chi connectivity index (χ2v) is 12.5. The molecule has 3 aromatic carbocycles. The Bertz CT molecular complexity index is 1690. The minimum atomic E-state index is -1.89. The molecular weight excluding hydrogens is 604 g/mol. The van der Waals surface area contributed by atoms with Crippen LogP contribution in [0.25, 0.3) is 0 Å². The first-order valence-corrected chi connectivity index (χ1v) is 16.0. The zero-order valence-electron chi connectivity index (χ0n) is 25.7. The molecule has 0 unspecified atom stereocenters. The number of halogens is 1. The molecule has 10 heteroatoms. The van der Waals surface area contributed by atoms with Gasteiger partial charge in [0.25, 0.3) is 5.91 Å². The number of hydrogen-bond donors (Lipinski definition) is 2. The van der Waals surface area contributed by atoms with Crippen molar-refractivity contribution in [3.63, 3.8) is 0 Å². The number of carbonyl (C=O) groups is 3. The number of hydrazone groups is 1. The topological polar surface area (TPSA) is 114 Å². The van der Waals surface area contributed by atoms with Crippen molar-refractivity contribution < 1.29 is 24.6 Å². The van der Waals surface area contributed by atoms with Crippen LogP contribution in [0.15, 0.2) is 90.0 Å². The summed E-state index contributed by atoms with van der Waals surface area (Å²) < 4.78 is 0. The molecule has 46 heavy (non-hydrogen) atoms. The molecule has 3 aromatic rings. The lowest BCUT2D eigenvalue weighted by atomic mass is 9.83. The van der Waals surface area contributed by atoms with Gasteiger partial charge < -0.3 is 20.0 Å². The highest BCUT2D eigenvalue weighted by molar-refractivity contribution is 6.31. The van der Waals surface area contributed by atoms with E-state index in [4.69, 9.17) is 11.6 Å². The lowest BCUT2D eigenvalue weighted by Crippen LogP contribution is -2.44. The summed E-state index contributed by atoms with van der Waals surface area (Å²) in [5, 5.41) is 28.0. The van der Waals surface area contributed by atoms with Gasteiger partial charge in [0.15, 0.2) is 5.60 Å². The average Bonchev–Trinajstić information content (AvgIpc) is 3.64. The van der Waals surface area contributed by atoms with E-state index in [0.29, 0.717) is 41.3 Å². The van der Waals surface area contributed by atoms with Gasteiger partial charge in [0.2, 0.25) is 11.8 Å². The van der Waals surface area contributed by atoms with Gasteiger partial charge in [0.1, 0.15) is 0 Å². The molecule has 9 nitrogen and oxygen atoms in total. The van der Waals surface area contributed by atoms with Gasteiger partial charge in [-0.1, -0.05) is 73.1 Å². The molecule has 0 bridgehead atoms. The standard InChI is InChI=1S/C36H37ClN4O5/c1-24(7-5-11-33(43)39-20-6-10-29(39)23-42)36(46)30-21-27(37)14-18-32(30)40(35(36)45)22-25-12-15-28(16-13-25)41-34(44)19-17-31(38-41)26-8-3-2-4-9-26/h2-5,7-9,12-16,18,21,24,29,42,46H,6,10-11,17,19-20,22-23H2,1H3/b7-5+/t24-,29+,36+/m1/s1. The number of hydrogen-bond acceptors (Lipinski definition) is 6. The van der Waals surface area contributed by atoms with Crippen molar-refractivity contribution in [1.82, 2.24) is 4.90 Å². The molecule has 3 amide bonds. The van der Waals surface area contributed by atoms with Crippen LogP contribution in [0.3, 0.4) is 0 Å². The van der Waals surface area contributed by atoms with E-state index in [9.17, 15) is 24.6 Å². The Kier molecular flexibility index (Phi) is 9.08. The van der Waals surface area contributed by atoms with Crippen LogP contribution in [0, 0.1) is 5.92 Å². The number of carbonyl (C=O) groups excluding carboxylic acids is 3. The van der Waals surface area contributed by atoms with Crippen LogP contribution in [-0.4, -0.2) is 57.7 Å². The van der Waals surface area contributed by atoms with Gasteiger partial charge in [0, 0.05) is 42.3 Å². The molecule has 3 atom stereocenters. The fraction of sp³-hybridized carbons (Fsp3) is 0.333. The lowest BCUT2D eigenvalue weighted by molar-refractivity contribution is -0.139. The maximum absolute atomic E-state index is 14.0. The van der Waals surface area contributed by atoms with Crippen LogP contribution in [0.1, 0.15) is 55.7 Å². The van der Waals surface area contributed by atoms with Crippen LogP contribution in [0.5, 0.6) is 0 Å². The van der Waals surface area contributed by atoms with Crippen molar-refractivity contribution >= 4 is 46.4 Å². The van der Waals surface area contributed by atoms with Crippen LogP contribution in [0.4, 0.5) is 11.4 Å². The minimum absolute atomic E-state index is 0.0598. The monoisotopic (exact) mass is 640 g/mol. The van der Waals surface area contributed by atoms with E-state index in [0.717, 1.165) is 29.7 Å². The molecule has 1 fully saturated rings. The number of benzene rings is 3. The van der Waals surface area contributed by atoms with Gasteiger partial charge in [-0.2, -0.15) is 5.10 Å². The number of rotatable bonds is 9. The van der Waals surface area contributed by atoms with Crippen molar-refractivity contribution in [3.8, 4) is 0 Å². The van der Waals surface area contributed by atoms with Crippen LogP contribution in [-0.2, 0) is 26.5 Å². The Labute approximate surface area is 273 Å². The highest BCUT2D eigenvalue weighted by atomic mass is 35.5. The zero-order valence-corrected chi connectivity index (χ0v) is 26.4. The van der Waals surface area contributed by atoms with Gasteiger partial charge in [-0.05, 0) is 54.3 Å². The number of aliphatic hydroxyl groups is 2. The molecule has 3 heterocycles. The molecule has 3 aliphatic heterocycles. The summed E-state index contributed by atoms with van der Waals surface area (Å²) in [4.78, 5) is 42.8. The van der Waals surface area contributed by atoms with Crippen LogP contribution in [0.2, 0.25) is 5.02 Å². The number of fused-ring (bicyclic) bond motifs is 1. The first-order chi connectivity index (χ1) is 22.2. The maximum Gasteiger partial charge on any atom is 0.264 e. The number of anilines is 2. The van der Waals surface area contributed by atoms with Crippen LogP contribution < -0.4 is 9.91 Å². The van der Waals surface area contributed by atoms with E-state index in [1.54, 1.807) is 47.1 Å². The third kappa shape index (κ3) is 5.98. The second kappa shape index (κ2) is 13.2. The summed E-state index contributed by atoms with van der Waals surface area (Å²) in [6, 6.07) is 22.0. The quantitative estimate of drug-likeness (QED) is 0.313. The third-order valence-corrected chi connectivity index (χ3v) is 9.41. The van der Waals surface area contributed by atoms with Crippen molar-refractivity contribution in [2.45, 2.75) is 57.2 Å². The Morgan fingerprint density at radius 2 is 1.85 bits per heavy atom. The van der Waals surface area contributed by atoms with Crippen molar-refractivity contribution in [3.05, 3.63) is 107 Å². The van der Waals surface area contributed by atoms with E-state index in [2.05, 4.69) is 5.10 Å². The maximum atomic E-state index is 14.0. The summed E-state index contributed by atoms with van der Waals surface area (Å²) in [7, 11) is 0. The first kappa shape index (κ1) is 31.7. The molecule has 238 valence electrons. The predicted molar refractivity (Wildman–Crippen MR) is 177 cm³/mol. The summed E-state index contributed by atoms with van der Waals surface area (Å²) in [5.41, 5.74) is 2.34. The highest BCUT2D eigenvalue weighted by Gasteiger charge is 2.52. The Hall–Kier alpha value is -4.31.